The quantitative estimate of drug-likeness (QED) is 0.694. The lowest BCUT2D eigenvalue weighted by atomic mass is 10.2. The van der Waals surface area contributed by atoms with Crippen LogP contribution in [0.25, 0.3) is 0 Å². The van der Waals surface area contributed by atoms with E-state index in [-0.39, 0.29) is 5.82 Å². The molecule has 1 aromatic heterocycles. The van der Waals surface area contributed by atoms with E-state index in [1.807, 2.05) is 24.3 Å². The number of nitrogens with zero attached hydrogens (tertiary/aromatic N) is 4. The van der Waals surface area contributed by atoms with Crippen LogP contribution in [0, 0.1) is 5.82 Å². The molecule has 0 saturated carbocycles. The van der Waals surface area contributed by atoms with E-state index in [2.05, 4.69) is 25.1 Å². The Morgan fingerprint density at radius 3 is 2.39 bits per heavy atom. The summed E-state index contributed by atoms with van der Waals surface area (Å²) in [7, 11) is 0. The first-order valence-electron chi connectivity index (χ1n) is 8.99. The van der Waals surface area contributed by atoms with Gasteiger partial charge in [-0.25, -0.2) is 14.4 Å². The summed E-state index contributed by atoms with van der Waals surface area (Å²) in [5.74, 6) is 1.03. The molecule has 0 amide bonds. The summed E-state index contributed by atoms with van der Waals surface area (Å²) < 4.78 is 13.1. The van der Waals surface area contributed by atoms with Crippen LogP contribution >= 0.6 is 11.6 Å². The maximum absolute atomic E-state index is 13.1. The summed E-state index contributed by atoms with van der Waals surface area (Å²) >= 11 is 6.04. The van der Waals surface area contributed by atoms with Gasteiger partial charge in [0.2, 0.25) is 0 Å². The predicted octanol–water partition coefficient (Wildman–Crippen LogP) is 3.92. The minimum atomic E-state index is -0.226. The first-order chi connectivity index (χ1) is 13.6. The van der Waals surface area contributed by atoms with Crippen molar-refractivity contribution in [1.29, 1.82) is 0 Å². The van der Waals surface area contributed by atoms with Crippen LogP contribution in [0.5, 0.6) is 0 Å². The predicted molar refractivity (Wildman–Crippen MR) is 112 cm³/mol. The number of piperazine rings is 1. The van der Waals surface area contributed by atoms with Crippen molar-refractivity contribution >= 4 is 40.3 Å². The van der Waals surface area contributed by atoms with Gasteiger partial charge in [0.15, 0.2) is 11.6 Å². The van der Waals surface area contributed by atoms with E-state index >= 15 is 0 Å². The molecule has 3 aromatic rings. The number of hydrogen-bond donors (Lipinski definition) is 2. The number of rotatable bonds is 4. The molecule has 1 fully saturated rings. The zero-order valence-electron chi connectivity index (χ0n) is 15.1. The third-order valence-electron chi connectivity index (χ3n) is 4.72. The average Bonchev–Trinajstić information content (AvgIpc) is 2.71. The topological polar surface area (TPSA) is 70.3 Å². The second-order valence-electron chi connectivity index (χ2n) is 6.55. The summed E-state index contributed by atoms with van der Waals surface area (Å²) in [5.41, 5.74) is 8.67. The molecule has 28 heavy (non-hydrogen) atoms. The molecule has 0 spiro atoms. The van der Waals surface area contributed by atoms with Gasteiger partial charge in [-0.15, -0.1) is 0 Å². The van der Waals surface area contributed by atoms with Crippen molar-refractivity contribution in [1.82, 2.24) is 9.97 Å². The van der Waals surface area contributed by atoms with Crippen molar-refractivity contribution in [2.24, 2.45) is 0 Å². The highest BCUT2D eigenvalue weighted by atomic mass is 35.5. The van der Waals surface area contributed by atoms with Gasteiger partial charge >= 0.3 is 0 Å². The van der Waals surface area contributed by atoms with Gasteiger partial charge in [-0.3, -0.25) is 0 Å². The fourth-order valence-electron chi connectivity index (χ4n) is 3.27. The normalized spacial score (nSPS) is 14.2. The molecule has 2 aromatic carbocycles. The first kappa shape index (κ1) is 18.3. The van der Waals surface area contributed by atoms with E-state index < -0.39 is 0 Å². The Balaban J connectivity index is 1.47. The van der Waals surface area contributed by atoms with Gasteiger partial charge in [0.1, 0.15) is 17.8 Å². The van der Waals surface area contributed by atoms with Crippen LogP contribution in [0.1, 0.15) is 0 Å². The Kier molecular flexibility index (Phi) is 5.16. The van der Waals surface area contributed by atoms with E-state index in [9.17, 15) is 4.39 Å². The summed E-state index contributed by atoms with van der Waals surface area (Å²) in [6, 6.07) is 13.9. The summed E-state index contributed by atoms with van der Waals surface area (Å²) in [4.78, 5) is 13.0. The van der Waals surface area contributed by atoms with Crippen molar-refractivity contribution in [3.05, 3.63) is 65.7 Å². The molecule has 6 nitrogen and oxygen atoms in total. The average molecular weight is 399 g/mol. The third-order valence-corrected chi connectivity index (χ3v) is 4.96. The highest BCUT2D eigenvalue weighted by Gasteiger charge is 2.21. The highest BCUT2D eigenvalue weighted by molar-refractivity contribution is 6.30. The van der Waals surface area contributed by atoms with Crippen LogP contribution in [0.4, 0.5) is 33.1 Å². The van der Waals surface area contributed by atoms with Gasteiger partial charge in [0, 0.05) is 42.6 Å². The maximum atomic E-state index is 13.1. The number of nitrogens with two attached hydrogens (primary N) is 1. The van der Waals surface area contributed by atoms with Crippen LogP contribution in [-0.2, 0) is 0 Å². The van der Waals surface area contributed by atoms with Crippen LogP contribution in [0.3, 0.4) is 0 Å². The molecular weight excluding hydrogens is 379 g/mol. The number of nitrogens with one attached hydrogen (secondary N) is 1. The Bertz CT molecular complexity index is 957. The van der Waals surface area contributed by atoms with Crippen molar-refractivity contribution in [2.45, 2.75) is 0 Å². The summed E-state index contributed by atoms with van der Waals surface area (Å²) in [5, 5.41) is 3.83. The van der Waals surface area contributed by atoms with E-state index in [0.29, 0.717) is 22.3 Å². The Labute approximate surface area is 167 Å². The maximum Gasteiger partial charge on any atom is 0.159 e. The van der Waals surface area contributed by atoms with Crippen molar-refractivity contribution in [2.75, 3.05) is 47.0 Å². The van der Waals surface area contributed by atoms with Crippen molar-refractivity contribution in [3.8, 4) is 0 Å². The molecule has 8 heteroatoms. The van der Waals surface area contributed by atoms with Gasteiger partial charge in [-0.2, -0.15) is 0 Å². The zero-order valence-corrected chi connectivity index (χ0v) is 15.9. The molecule has 4 rings (SSSR count). The van der Waals surface area contributed by atoms with Crippen LogP contribution in [0.15, 0.2) is 54.9 Å². The third kappa shape index (κ3) is 3.94. The smallest absolute Gasteiger partial charge is 0.159 e. The Morgan fingerprint density at radius 1 is 0.964 bits per heavy atom. The van der Waals surface area contributed by atoms with Crippen LogP contribution < -0.4 is 20.9 Å². The molecular formula is C20H20ClFN6. The minimum absolute atomic E-state index is 0.226. The molecule has 1 aliphatic rings. The molecule has 144 valence electrons. The van der Waals surface area contributed by atoms with E-state index in [0.717, 1.165) is 37.6 Å². The molecule has 0 radical (unpaired) electrons. The molecule has 0 atom stereocenters. The van der Waals surface area contributed by atoms with Gasteiger partial charge in [0.25, 0.3) is 0 Å². The Hall–Kier alpha value is -3.06. The number of benzene rings is 2. The van der Waals surface area contributed by atoms with Crippen LogP contribution in [-0.4, -0.2) is 36.1 Å². The fourth-order valence-corrected chi connectivity index (χ4v) is 3.46. The molecule has 1 saturated heterocycles. The molecule has 0 unspecified atom stereocenters. The SMILES string of the molecule is Nc1c(Nc2cccc(Cl)c2)ncnc1N1CCN(c2ccc(F)cc2)CC1. The Morgan fingerprint density at radius 2 is 1.68 bits per heavy atom. The molecule has 0 bridgehead atoms. The zero-order chi connectivity index (χ0) is 19.5. The lowest BCUT2D eigenvalue weighted by Gasteiger charge is -2.37. The summed E-state index contributed by atoms with van der Waals surface area (Å²) in [6.07, 6.45) is 1.50. The number of aromatic nitrogens is 2. The van der Waals surface area contributed by atoms with Gasteiger partial charge in [-0.1, -0.05) is 17.7 Å². The number of anilines is 5. The van der Waals surface area contributed by atoms with E-state index in [4.69, 9.17) is 17.3 Å². The first-order valence-corrected chi connectivity index (χ1v) is 9.36. The van der Waals surface area contributed by atoms with Gasteiger partial charge < -0.3 is 20.9 Å². The van der Waals surface area contributed by atoms with Gasteiger partial charge in [-0.05, 0) is 42.5 Å². The number of nitrogen functional groups attached to an aromatic ring is 1. The molecule has 0 aliphatic carbocycles. The highest BCUT2D eigenvalue weighted by Crippen LogP contribution is 2.30. The lowest BCUT2D eigenvalue weighted by Crippen LogP contribution is -2.47. The molecule has 3 N–H and O–H groups in total. The van der Waals surface area contributed by atoms with E-state index in [1.54, 1.807) is 12.1 Å². The lowest BCUT2D eigenvalue weighted by molar-refractivity contribution is 0.624. The van der Waals surface area contributed by atoms with Crippen molar-refractivity contribution in [3.63, 3.8) is 0 Å². The number of halogens is 2. The van der Waals surface area contributed by atoms with E-state index in [1.165, 1.54) is 18.5 Å². The number of hydrogen-bond acceptors (Lipinski definition) is 6. The van der Waals surface area contributed by atoms with Crippen LogP contribution in [0.2, 0.25) is 5.02 Å². The van der Waals surface area contributed by atoms with Gasteiger partial charge in [0.05, 0.1) is 0 Å². The fraction of sp³-hybridized carbons (Fsp3) is 0.200. The standard InChI is InChI=1S/C20H20ClFN6/c21-14-2-1-3-16(12-14)26-19-18(23)20(25-13-24-19)28-10-8-27(9-11-28)17-6-4-15(22)5-7-17/h1-7,12-13H,8-11,23H2,(H,24,25,26). The molecule has 2 heterocycles. The second kappa shape index (κ2) is 7.90. The largest absolute Gasteiger partial charge is 0.393 e. The summed E-state index contributed by atoms with van der Waals surface area (Å²) in [6.45, 7) is 3.11. The second-order valence-corrected chi connectivity index (χ2v) is 6.98. The van der Waals surface area contributed by atoms with Crippen molar-refractivity contribution < 1.29 is 4.39 Å². The minimum Gasteiger partial charge on any atom is -0.393 e. The molecule has 1 aliphatic heterocycles. The monoisotopic (exact) mass is 398 g/mol.